The molecule has 0 spiro atoms. The molecule has 1 unspecified atom stereocenters. The Labute approximate surface area is 86.6 Å². The maximum atomic E-state index is 11.0. The Bertz CT molecular complexity index is 377. The van der Waals surface area contributed by atoms with Gasteiger partial charge in [0.2, 0.25) is 0 Å². The highest BCUT2D eigenvalue weighted by Crippen LogP contribution is 2.22. The van der Waals surface area contributed by atoms with Gasteiger partial charge in [0.05, 0.1) is 16.9 Å². The quantitative estimate of drug-likeness (QED) is 0.729. The SMILES string of the molecule is Cc1nn(C(C)(C)C)c(C)c1S(=O)O. The summed E-state index contributed by atoms with van der Waals surface area (Å²) in [5.41, 5.74) is 1.22. The molecule has 0 fully saturated rings. The van der Waals surface area contributed by atoms with E-state index in [1.165, 1.54) is 0 Å². The van der Waals surface area contributed by atoms with Crippen LogP contribution in [0.1, 0.15) is 32.2 Å². The lowest BCUT2D eigenvalue weighted by atomic mass is 10.1. The first-order chi connectivity index (χ1) is 6.25. The third kappa shape index (κ3) is 1.88. The lowest BCUT2D eigenvalue weighted by Gasteiger charge is -2.21. The number of aromatic nitrogens is 2. The van der Waals surface area contributed by atoms with Gasteiger partial charge in [0.25, 0.3) is 0 Å². The molecule has 5 heteroatoms. The predicted molar refractivity (Wildman–Crippen MR) is 55.7 cm³/mol. The predicted octanol–water partition coefficient (Wildman–Crippen LogP) is 1.84. The van der Waals surface area contributed by atoms with Crippen LogP contribution in [0.4, 0.5) is 0 Å². The van der Waals surface area contributed by atoms with Gasteiger partial charge in [0, 0.05) is 0 Å². The first-order valence-corrected chi connectivity index (χ1v) is 5.53. The van der Waals surface area contributed by atoms with Crippen LogP contribution in [0.3, 0.4) is 0 Å². The van der Waals surface area contributed by atoms with E-state index in [9.17, 15) is 4.21 Å². The van der Waals surface area contributed by atoms with Crippen LogP contribution in [0.5, 0.6) is 0 Å². The number of rotatable bonds is 1. The Morgan fingerprint density at radius 2 is 1.86 bits per heavy atom. The van der Waals surface area contributed by atoms with Crippen molar-refractivity contribution < 1.29 is 8.76 Å². The molecule has 0 aliphatic carbocycles. The van der Waals surface area contributed by atoms with Crippen LogP contribution in [0.25, 0.3) is 0 Å². The summed E-state index contributed by atoms with van der Waals surface area (Å²) in [4.78, 5) is 0.430. The molecule has 1 rings (SSSR count). The van der Waals surface area contributed by atoms with E-state index in [0.717, 1.165) is 5.69 Å². The van der Waals surface area contributed by atoms with Crippen LogP contribution < -0.4 is 0 Å². The van der Waals surface area contributed by atoms with Crippen molar-refractivity contribution in [2.75, 3.05) is 0 Å². The highest BCUT2D eigenvalue weighted by molar-refractivity contribution is 7.79. The zero-order chi connectivity index (χ0) is 11.1. The molecule has 0 bridgehead atoms. The van der Waals surface area contributed by atoms with Gasteiger partial charge < -0.3 is 4.55 Å². The summed E-state index contributed by atoms with van der Waals surface area (Å²) in [6, 6.07) is 0. The van der Waals surface area contributed by atoms with E-state index in [1.807, 2.05) is 27.7 Å². The first-order valence-electron chi connectivity index (χ1n) is 4.42. The Kier molecular flexibility index (Phi) is 2.83. The van der Waals surface area contributed by atoms with Crippen molar-refractivity contribution in [1.82, 2.24) is 9.78 Å². The van der Waals surface area contributed by atoms with Crippen LogP contribution in [-0.2, 0) is 16.6 Å². The zero-order valence-electron chi connectivity index (χ0n) is 9.16. The van der Waals surface area contributed by atoms with Gasteiger partial charge in [-0.2, -0.15) is 5.10 Å². The van der Waals surface area contributed by atoms with Crippen molar-refractivity contribution in [3.63, 3.8) is 0 Å². The average molecular weight is 216 g/mol. The molecule has 0 saturated carbocycles. The molecule has 0 radical (unpaired) electrons. The summed E-state index contributed by atoms with van der Waals surface area (Å²) in [5.74, 6) is 0. The monoisotopic (exact) mass is 216 g/mol. The van der Waals surface area contributed by atoms with Gasteiger partial charge in [-0.25, -0.2) is 4.21 Å². The maximum Gasteiger partial charge on any atom is 0.190 e. The van der Waals surface area contributed by atoms with Crippen molar-refractivity contribution in [1.29, 1.82) is 0 Å². The summed E-state index contributed by atoms with van der Waals surface area (Å²) in [6.07, 6.45) is 0. The molecule has 1 heterocycles. The van der Waals surface area contributed by atoms with Gasteiger partial charge in [0.1, 0.15) is 4.90 Å². The molecule has 80 valence electrons. The van der Waals surface area contributed by atoms with E-state index in [4.69, 9.17) is 4.55 Å². The Morgan fingerprint density at radius 3 is 2.07 bits per heavy atom. The second kappa shape index (κ2) is 3.47. The summed E-state index contributed by atoms with van der Waals surface area (Å²) < 4.78 is 21.9. The minimum Gasteiger partial charge on any atom is -0.302 e. The molecular weight excluding hydrogens is 200 g/mol. The van der Waals surface area contributed by atoms with Gasteiger partial charge in [-0.3, -0.25) is 4.68 Å². The maximum absolute atomic E-state index is 11.0. The molecule has 0 amide bonds. The second-order valence-corrected chi connectivity index (χ2v) is 5.24. The van der Waals surface area contributed by atoms with Crippen LogP contribution in [-0.4, -0.2) is 18.5 Å². The molecule has 14 heavy (non-hydrogen) atoms. The van der Waals surface area contributed by atoms with E-state index < -0.39 is 11.1 Å². The summed E-state index contributed by atoms with van der Waals surface area (Å²) in [6.45, 7) is 9.59. The molecule has 0 aromatic carbocycles. The van der Waals surface area contributed by atoms with Crippen molar-refractivity contribution in [2.24, 2.45) is 0 Å². The lowest BCUT2D eigenvalue weighted by Crippen LogP contribution is -2.24. The average Bonchev–Trinajstić information content (AvgIpc) is 2.24. The highest BCUT2D eigenvalue weighted by atomic mass is 32.2. The zero-order valence-corrected chi connectivity index (χ0v) is 9.97. The number of aryl methyl sites for hydroxylation is 1. The van der Waals surface area contributed by atoms with Gasteiger partial charge in [-0.05, 0) is 34.6 Å². The fraction of sp³-hybridized carbons (Fsp3) is 0.667. The molecule has 0 aliphatic heterocycles. The second-order valence-electron chi connectivity index (χ2n) is 4.33. The summed E-state index contributed by atoms with van der Waals surface area (Å²) in [7, 11) is 0. The van der Waals surface area contributed by atoms with E-state index >= 15 is 0 Å². The van der Waals surface area contributed by atoms with Crippen molar-refractivity contribution >= 4 is 11.1 Å². The first kappa shape index (κ1) is 11.4. The number of hydrogen-bond donors (Lipinski definition) is 1. The Morgan fingerprint density at radius 1 is 1.36 bits per heavy atom. The largest absolute Gasteiger partial charge is 0.302 e. The molecule has 1 aromatic heterocycles. The fourth-order valence-electron chi connectivity index (χ4n) is 1.53. The minimum atomic E-state index is -1.95. The standard InChI is InChI=1S/C9H16N2O2S/c1-6-8(14(12)13)7(2)11(10-6)9(3,4)5/h1-5H3,(H,12,13). The Hall–Kier alpha value is -0.680. The molecule has 0 aliphatic rings. The van der Waals surface area contributed by atoms with E-state index in [-0.39, 0.29) is 5.54 Å². The number of nitrogens with zero attached hydrogens (tertiary/aromatic N) is 2. The number of hydrogen-bond acceptors (Lipinski definition) is 2. The molecular formula is C9H16N2O2S. The lowest BCUT2D eigenvalue weighted by molar-refractivity contribution is 0.345. The molecule has 1 aromatic rings. The van der Waals surface area contributed by atoms with Gasteiger partial charge >= 0.3 is 0 Å². The van der Waals surface area contributed by atoms with Crippen molar-refractivity contribution in [2.45, 2.75) is 45.1 Å². The third-order valence-corrected chi connectivity index (χ3v) is 2.98. The normalized spacial score (nSPS) is 14.4. The van der Waals surface area contributed by atoms with Crippen LogP contribution in [0.2, 0.25) is 0 Å². The molecule has 1 N–H and O–H groups in total. The fourth-order valence-corrected chi connectivity index (χ4v) is 2.17. The molecule has 1 atom stereocenters. The molecule has 4 nitrogen and oxygen atoms in total. The van der Waals surface area contributed by atoms with E-state index in [2.05, 4.69) is 5.10 Å². The summed E-state index contributed by atoms with van der Waals surface area (Å²) in [5, 5.41) is 4.27. The van der Waals surface area contributed by atoms with E-state index in [0.29, 0.717) is 10.6 Å². The van der Waals surface area contributed by atoms with Crippen LogP contribution in [0.15, 0.2) is 4.90 Å². The molecule has 0 saturated heterocycles. The smallest absolute Gasteiger partial charge is 0.190 e. The third-order valence-electron chi connectivity index (χ3n) is 2.03. The van der Waals surface area contributed by atoms with Gasteiger partial charge in [0.15, 0.2) is 11.1 Å². The minimum absolute atomic E-state index is 0.160. The van der Waals surface area contributed by atoms with Crippen LogP contribution >= 0.6 is 0 Å². The summed E-state index contributed by atoms with van der Waals surface area (Å²) >= 11 is -1.95. The van der Waals surface area contributed by atoms with Gasteiger partial charge in [-0.1, -0.05) is 0 Å². The van der Waals surface area contributed by atoms with Crippen LogP contribution in [0, 0.1) is 13.8 Å². The highest BCUT2D eigenvalue weighted by Gasteiger charge is 2.22. The van der Waals surface area contributed by atoms with Crippen molar-refractivity contribution in [3.8, 4) is 0 Å². The van der Waals surface area contributed by atoms with Crippen molar-refractivity contribution in [3.05, 3.63) is 11.4 Å². The Balaban J connectivity index is 3.39. The van der Waals surface area contributed by atoms with Gasteiger partial charge in [-0.15, -0.1) is 0 Å². The topological polar surface area (TPSA) is 55.1 Å². The van der Waals surface area contributed by atoms with E-state index in [1.54, 1.807) is 11.6 Å².